The van der Waals surface area contributed by atoms with E-state index in [0.29, 0.717) is 13.0 Å². The van der Waals surface area contributed by atoms with Crippen LogP contribution >= 0.6 is 0 Å². The number of hydrogen-bond donors (Lipinski definition) is 0. The predicted molar refractivity (Wildman–Crippen MR) is 37.8 cm³/mol. The van der Waals surface area contributed by atoms with E-state index in [2.05, 4.69) is 0 Å². The number of ether oxygens (including phenoxy) is 1. The fraction of sp³-hybridized carbons (Fsp3) is 0.714. The fourth-order valence-electron chi connectivity index (χ4n) is 1.06. The topological polar surface area (TPSA) is 46.6 Å². The Balaban J connectivity index is 2.59. The van der Waals surface area contributed by atoms with Crippen LogP contribution in [-0.2, 0) is 14.3 Å². The summed E-state index contributed by atoms with van der Waals surface area (Å²) < 4.78 is 4.70. The Kier molecular flexibility index (Phi) is 2.12. The quantitative estimate of drug-likeness (QED) is 0.494. The average molecular weight is 157 g/mol. The Hall–Kier alpha value is -1.06. The van der Waals surface area contributed by atoms with Gasteiger partial charge in [0.25, 0.3) is 0 Å². The Morgan fingerprint density at radius 2 is 2.36 bits per heavy atom. The lowest BCUT2D eigenvalue weighted by molar-refractivity contribution is -0.146. The lowest BCUT2D eigenvalue weighted by Crippen LogP contribution is -2.38. The van der Waals surface area contributed by atoms with Gasteiger partial charge in [0.1, 0.15) is 6.04 Å². The van der Waals surface area contributed by atoms with Gasteiger partial charge in [0.2, 0.25) is 5.91 Å². The first-order chi connectivity index (χ1) is 5.13. The van der Waals surface area contributed by atoms with E-state index < -0.39 is 0 Å². The maximum atomic E-state index is 10.9. The summed E-state index contributed by atoms with van der Waals surface area (Å²) in [6.45, 7) is 1.87. The van der Waals surface area contributed by atoms with Crippen LogP contribution in [0.5, 0.6) is 0 Å². The Morgan fingerprint density at radius 3 is 2.73 bits per heavy atom. The van der Waals surface area contributed by atoms with Crippen LogP contribution < -0.4 is 0 Å². The van der Waals surface area contributed by atoms with Gasteiger partial charge in [-0.15, -0.1) is 0 Å². The molecule has 0 aromatic carbocycles. The molecular formula is C7H11NO3. The molecule has 1 unspecified atom stereocenters. The van der Waals surface area contributed by atoms with Crippen molar-refractivity contribution in [1.29, 1.82) is 0 Å². The second-order valence-electron chi connectivity index (χ2n) is 2.60. The number of cyclic esters (lactones) is 1. The van der Waals surface area contributed by atoms with Gasteiger partial charge >= 0.3 is 5.97 Å². The van der Waals surface area contributed by atoms with Crippen LogP contribution in [0.2, 0.25) is 0 Å². The lowest BCUT2D eigenvalue weighted by Gasteiger charge is -2.18. The molecule has 1 saturated heterocycles. The van der Waals surface area contributed by atoms with E-state index in [-0.39, 0.29) is 17.9 Å². The molecule has 4 heteroatoms. The van der Waals surface area contributed by atoms with E-state index in [0.717, 1.165) is 0 Å². The Labute approximate surface area is 65.1 Å². The largest absolute Gasteiger partial charge is 0.464 e. The fourth-order valence-corrected chi connectivity index (χ4v) is 1.06. The van der Waals surface area contributed by atoms with E-state index in [1.54, 1.807) is 7.05 Å². The van der Waals surface area contributed by atoms with Crippen molar-refractivity contribution in [1.82, 2.24) is 4.90 Å². The van der Waals surface area contributed by atoms with Gasteiger partial charge in [-0.05, 0) is 0 Å². The number of nitrogens with zero attached hydrogens (tertiary/aromatic N) is 1. The highest BCUT2D eigenvalue weighted by molar-refractivity contribution is 5.84. The van der Waals surface area contributed by atoms with Crippen LogP contribution in [0.15, 0.2) is 0 Å². The van der Waals surface area contributed by atoms with E-state index in [1.165, 1.54) is 11.8 Å². The van der Waals surface area contributed by atoms with Crippen LogP contribution in [0.3, 0.4) is 0 Å². The minimum Gasteiger partial charge on any atom is -0.464 e. The monoisotopic (exact) mass is 157 g/mol. The SMILES string of the molecule is CC(=O)N(C)C1CCOC1=O. The number of amides is 1. The van der Waals surface area contributed by atoms with Gasteiger partial charge in [-0.2, -0.15) is 0 Å². The molecule has 0 bridgehead atoms. The average Bonchev–Trinajstić information content (AvgIpc) is 2.33. The minimum absolute atomic E-state index is 0.103. The zero-order valence-electron chi connectivity index (χ0n) is 6.66. The molecule has 0 aromatic heterocycles. The van der Waals surface area contributed by atoms with Crippen molar-refractivity contribution in [3.05, 3.63) is 0 Å². The van der Waals surface area contributed by atoms with Crippen molar-refractivity contribution >= 4 is 11.9 Å². The molecule has 0 aliphatic carbocycles. The molecule has 1 aliphatic rings. The summed E-state index contributed by atoms with van der Waals surface area (Å²) in [6.07, 6.45) is 0.620. The summed E-state index contributed by atoms with van der Waals surface area (Å²) in [4.78, 5) is 23.1. The van der Waals surface area contributed by atoms with E-state index in [9.17, 15) is 9.59 Å². The molecule has 0 spiro atoms. The van der Waals surface area contributed by atoms with Crippen molar-refractivity contribution < 1.29 is 14.3 Å². The number of carbonyl (C=O) groups excluding carboxylic acids is 2. The summed E-state index contributed by atoms with van der Waals surface area (Å²) in [5, 5.41) is 0. The molecule has 0 saturated carbocycles. The first-order valence-electron chi connectivity index (χ1n) is 3.53. The summed E-state index contributed by atoms with van der Waals surface area (Å²) >= 11 is 0. The van der Waals surface area contributed by atoms with Crippen molar-refractivity contribution in [2.24, 2.45) is 0 Å². The summed E-state index contributed by atoms with van der Waals surface area (Å²) in [5.41, 5.74) is 0. The van der Waals surface area contributed by atoms with Crippen LogP contribution in [-0.4, -0.2) is 36.5 Å². The molecule has 1 fully saturated rings. The van der Waals surface area contributed by atoms with E-state index in [4.69, 9.17) is 4.74 Å². The van der Waals surface area contributed by atoms with Gasteiger partial charge in [0, 0.05) is 20.4 Å². The first-order valence-corrected chi connectivity index (χ1v) is 3.53. The van der Waals surface area contributed by atoms with Gasteiger partial charge in [-0.25, -0.2) is 4.79 Å². The first kappa shape index (κ1) is 8.04. The Morgan fingerprint density at radius 1 is 1.73 bits per heavy atom. The predicted octanol–water partition coefficient (Wildman–Crippen LogP) is -0.220. The van der Waals surface area contributed by atoms with Gasteiger partial charge < -0.3 is 9.64 Å². The second kappa shape index (κ2) is 2.90. The van der Waals surface area contributed by atoms with Crippen molar-refractivity contribution in [3.8, 4) is 0 Å². The third kappa shape index (κ3) is 1.50. The number of esters is 1. The molecule has 1 aliphatic heterocycles. The van der Waals surface area contributed by atoms with Crippen molar-refractivity contribution in [3.63, 3.8) is 0 Å². The molecule has 0 radical (unpaired) electrons. The highest BCUT2D eigenvalue weighted by Crippen LogP contribution is 2.11. The van der Waals surface area contributed by atoms with Crippen molar-refractivity contribution in [2.75, 3.05) is 13.7 Å². The number of hydrogen-bond acceptors (Lipinski definition) is 3. The van der Waals surface area contributed by atoms with Gasteiger partial charge in [0.05, 0.1) is 6.61 Å². The molecule has 4 nitrogen and oxygen atoms in total. The zero-order valence-corrected chi connectivity index (χ0v) is 6.66. The van der Waals surface area contributed by atoms with Gasteiger partial charge in [-0.3, -0.25) is 4.79 Å². The molecular weight excluding hydrogens is 146 g/mol. The van der Waals surface area contributed by atoms with Crippen LogP contribution in [0.1, 0.15) is 13.3 Å². The summed E-state index contributed by atoms with van der Waals surface area (Å²) in [5.74, 6) is -0.392. The normalized spacial score (nSPS) is 23.1. The summed E-state index contributed by atoms with van der Waals surface area (Å²) in [6, 6.07) is -0.354. The van der Waals surface area contributed by atoms with Crippen LogP contribution in [0, 0.1) is 0 Å². The summed E-state index contributed by atoms with van der Waals surface area (Å²) in [7, 11) is 1.61. The lowest BCUT2D eigenvalue weighted by atomic mass is 10.2. The molecule has 1 amide bonds. The molecule has 1 heterocycles. The highest BCUT2D eigenvalue weighted by Gasteiger charge is 2.31. The standard InChI is InChI=1S/C7H11NO3/c1-5(9)8(2)6-3-4-11-7(6)10/h6H,3-4H2,1-2H3. The van der Waals surface area contributed by atoms with E-state index >= 15 is 0 Å². The maximum Gasteiger partial charge on any atom is 0.328 e. The van der Waals surface area contributed by atoms with E-state index in [1.807, 2.05) is 0 Å². The highest BCUT2D eigenvalue weighted by atomic mass is 16.5. The minimum atomic E-state index is -0.354. The molecule has 62 valence electrons. The second-order valence-corrected chi connectivity index (χ2v) is 2.60. The Bertz CT molecular complexity index is 190. The third-order valence-corrected chi connectivity index (χ3v) is 1.87. The molecule has 0 N–H and O–H groups in total. The molecule has 1 atom stereocenters. The van der Waals surface area contributed by atoms with Crippen LogP contribution in [0.25, 0.3) is 0 Å². The van der Waals surface area contributed by atoms with Gasteiger partial charge in [-0.1, -0.05) is 0 Å². The molecule has 1 rings (SSSR count). The van der Waals surface area contributed by atoms with Crippen molar-refractivity contribution in [2.45, 2.75) is 19.4 Å². The molecule has 0 aromatic rings. The zero-order chi connectivity index (χ0) is 8.43. The molecule has 11 heavy (non-hydrogen) atoms. The number of carbonyl (C=O) groups is 2. The van der Waals surface area contributed by atoms with Gasteiger partial charge in [0.15, 0.2) is 0 Å². The smallest absolute Gasteiger partial charge is 0.328 e. The number of rotatable bonds is 1. The third-order valence-electron chi connectivity index (χ3n) is 1.87. The van der Waals surface area contributed by atoms with Crippen LogP contribution in [0.4, 0.5) is 0 Å². The number of likely N-dealkylation sites (N-methyl/N-ethyl adjacent to an activating group) is 1. The maximum absolute atomic E-state index is 10.9.